The normalized spacial score (nSPS) is 20.4. The molecule has 2 aliphatic rings. The molecule has 0 unspecified atom stereocenters. The number of morpholine rings is 1. The number of anilines is 1. The lowest BCUT2D eigenvalue weighted by atomic mass is 9.97. The predicted molar refractivity (Wildman–Crippen MR) is 111 cm³/mol. The molecule has 0 radical (unpaired) electrons. The summed E-state index contributed by atoms with van der Waals surface area (Å²) < 4.78 is 21.0. The van der Waals surface area contributed by atoms with Gasteiger partial charge in [-0.2, -0.15) is 0 Å². The fourth-order valence-corrected chi connectivity index (χ4v) is 4.02. The molecule has 2 atom stereocenters. The van der Waals surface area contributed by atoms with E-state index in [-0.39, 0.29) is 28.4 Å². The molecule has 2 amide bonds. The van der Waals surface area contributed by atoms with Gasteiger partial charge in [0.1, 0.15) is 11.3 Å². The van der Waals surface area contributed by atoms with Gasteiger partial charge >= 0.3 is 12.0 Å². The van der Waals surface area contributed by atoms with E-state index in [9.17, 15) is 9.59 Å². The van der Waals surface area contributed by atoms with Gasteiger partial charge in [-0.3, -0.25) is 4.90 Å². The lowest BCUT2D eigenvalue weighted by Gasteiger charge is -2.37. The minimum Gasteiger partial charge on any atom is -0.496 e. The Labute approximate surface area is 180 Å². The number of amides is 2. The smallest absolute Gasteiger partial charge is 0.341 e. The molecule has 10 heteroatoms. The molecule has 30 heavy (non-hydrogen) atoms. The second kappa shape index (κ2) is 10.8. The number of hydrogen-bond donors (Lipinski definition) is 2. The summed E-state index contributed by atoms with van der Waals surface area (Å²) in [7, 11) is 2.70. The molecule has 0 saturated carbocycles. The number of nitrogens with zero attached hydrogens (tertiary/aromatic N) is 1. The second-order valence-corrected chi connectivity index (χ2v) is 7.61. The van der Waals surface area contributed by atoms with Crippen molar-refractivity contribution in [2.45, 2.75) is 12.5 Å². The molecule has 2 saturated heterocycles. The third-order valence-corrected chi connectivity index (χ3v) is 5.75. The molecule has 2 heterocycles. The molecule has 2 fully saturated rings. The van der Waals surface area contributed by atoms with Crippen LogP contribution in [-0.4, -0.2) is 83.2 Å². The van der Waals surface area contributed by atoms with Crippen LogP contribution in [0.4, 0.5) is 10.5 Å². The summed E-state index contributed by atoms with van der Waals surface area (Å²) in [5.74, 6) is 0.0548. The molecule has 0 aliphatic carbocycles. The predicted octanol–water partition coefficient (Wildman–Crippen LogP) is 1.99. The first-order valence-corrected chi connectivity index (χ1v) is 10.3. The Bertz CT molecular complexity index is 750. The number of carbonyl (C=O) groups excluding carboxylic acids is 2. The highest BCUT2D eigenvalue weighted by Crippen LogP contribution is 2.31. The molecule has 2 N–H and O–H groups in total. The zero-order chi connectivity index (χ0) is 21.5. The molecule has 1 aromatic carbocycles. The number of nitrogens with one attached hydrogen (secondary N) is 2. The van der Waals surface area contributed by atoms with Crippen LogP contribution in [-0.2, 0) is 14.2 Å². The Balaban J connectivity index is 1.64. The molecule has 1 aromatic rings. The van der Waals surface area contributed by atoms with Crippen LogP contribution in [0.3, 0.4) is 0 Å². The molecule has 9 nitrogen and oxygen atoms in total. The third-order valence-electron chi connectivity index (χ3n) is 5.44. The molecule has 0 bridgehead atoms. The van der Waals surface area contributed by atoms with E-state index in [0.29, 0.717) is 38.0 Å². The maximum absolute atomic E-state index is 12.6. The van der Waals surface area contributed by atoms with Crippen LogP contribution in [0.25, 0.3) is 0 Å². The first kappa shape index (κ1) is 22.6. The van der Waals surface area contributed by atoms with Crippen molar-refractivity contribution in [3.05, 3.63) is 22.7 Å². The largest absolute Gasteiger partial charge is 0.496 e. The van der Waals surface area contributed by atoms with Gasteiger partial charge in [-0.05, 0) is 12.5 Å². The summed E-state index contributed by atoms with van der Waals surface area (Å²) in [4.78, 5) is 26.8. The number of urea groups is 1. The van der Waals surface area contributed by atoms with Gasteiger partial charge in [-0.1, -0.05) is 11.6 Å². The fourth-order valence-electron chi connectivity index (χ4n) is 3.81. The molecule has 166 valence electrons. The first-order valence-electron chi connectivity index (χ1n) is 9.93. The van der Waals surface area contributed by atoms with Gasteiger partial charge in [-0.15, -0.1) is 0 Å². The molecular weight excluding hydrogens is 414 g/mol. The molecular formula is C20H28ClN3O6. The van der Waals surface area contributed by atoms with Crippen molar-refractivity contribution in [3.63, 3.8) is 0 Å². The molecule has 2 aliphatic heterocycles. The van der Waals surface area contributed by atoms with Crippen molar-refractivity contribution >= 4 is 29.3 Å². The maximum Gasteiger partial charge on any atom is 0.341 e. The highest BCUT2D eigenvalue weighted by atomic mass is 35.5. The van der Waals surface area contributed by atoms with Crippen LogP contribution >= 0.6 is 11.6 Å². The summed E-state index contributed by atoms with van der Waals surface area (Å²) in [5, 5.41) is 5.88. The monoisotopic (exact) mass is 441 g/mol. The fraction of sp³-hybridized carbons (Fsp3) is 0.600. The van der Waals surface area contributed by atoms with E-state index in [2.05, 4.69) is 15.5 Å². The van der Waals surface area contributed by atoms with Crippen LogP contribution in [0, 0.1) is 5.92 Å². The van der Waals surface area contributed by atoms with E-state index in [0.717, 1.165) is 26.1 Å². The van der Waals surface area contributed by atoms with Crippen LogP contribution in [0.2, 0.25) is 5.02 Å². The van der Waals surface area contributed by atoms with Gasteiger partial charge in [0.2, 0.25) is 0 Å². The molecule has 0 aromatic heterocycles. The average molecular weight is 442 g/mol. The van der Waals surface area contributed by atoms with Crippen molar-refractivity contribution < 1.29 is 28.5 Å². The number of hydrogen-bond acceptors (Lipinski definition) is 7. The van der Waals surface area contributed by atoms with Crippen LogP contribution in [0.15, 0.2) is 12.1 Å². The van der Waals surface area contributed by atoms with E-state index in [4.69, 9.17) is 30.5 Å². The molecule has 0 spiro atoms. The highest BCUT2D eigenvalue weighted by molar-refractivity contribution is 6.34. The van der Waals surface area contributed by atoms with Crippen molar-refractivity contribution in [2.24, 2.45) is 5.92 Å². The topological polar surface area (TPSA) is 98.4 Å². The van der Waals surface area contributed by atoms with Crippen LogP contribution in [0.1, 0.15) is 16.8 Å². The summed E-state index contributed by atoms with van der Waals surface area (Å²) in [6.45, 7) is 4.99. The van der Waals surface area contributed by atoms with E-state index in [1.165, 1.54) is 26.4 Å². The Hall–Kier alpha value is -2.07. The van der Waals surface area contributed by atoms with Gasteiger partial charge in [0, 0.05) is 44.3 Å². The van der Waals surface area contributed by atoms with Gasteiger partial charge < -0.3 is 29.6 Å². The number of benzene rings is 1. The van der Waals surface area contributed by atoms with Crippen molar-refractivity contribution in [3.8, 4) is 5.75 Å². The van der Waals surface area contributed by atoms with Crippen molar-refractivity contribution in [1.29, 1.82) is 0 Å². The lowest BCUT2D eigenvalue weighted by Crippen LogP contribution is -2.52. The minimum atomic E-state index is -0.572. The number of halogens is 1. The van der Waals surface area contributed by atoms with E-state index in [1.54, 1.807) is 0 Å². The Morgan fingerprint density at radius 3 is 2.63 bits per heavy atom. The highest BCUT2D eigenvalue weighted by Gasteiger charge is 2.31. The van der Waals surface area contributed by atoms with Crippen molar-refractivity contribution in [1.82, 2.24) is 10.2 Å². The van der Waals surface area contributed by atoms with Crippen LogP contribution < -0.4 is 15.4 Å². The number of rotatable bonds is 7. The summed E-state index contributed by atoms with van der Waals surface area (Å²) in [5.41, 5.74) is 0.523. The Morgan fingerprint density at radius 1 is 1.23 bits per heavy atom. The molecule has 3 rings (SSSR count). The number of carbonyl (C=O) groups is 2. The first-order chi connectivity index (χ1) is 14.5. The Morgan fingerprint density at radius 2 is 2.00 bits per heavy atom. The van der Waals surface area contributed by atoms with E-state index in [1.807, 2.05) is 0 Å². The standard InChI is InChI=1S/C20H28ClN3O6/c1-27-18-10-16(15(21)9-14(18)19(25)28-2)23-20(26)22-11-17(13-3-6-30-12-13)24-4-7-29-8-5-24/h9-10,13,17H,3-8,11-12H2,1-2H3,(H2,22,23,26)/t13-,17+/m1/s1. The van der Waals surface area contributed by atoms with Gasteiger partial charge in [-0.25, -0.2) is 9.59 Å². The van der Waals surface area contributed by atoms with E-state index < -0.39 is 5.97 Å². The maximum atomic E-state index is 12.6. The zero-order valence-corrected chi connectivity index (χ0v) is 18.0. The average Bonchev–Trinajstić information content (AvgIpc) is 3.29. The Kier molecular flexibility index (Phi) is 8.15. The number of ether oxygens (including phenoxy) is 4. The quantitative estimate of drug-likeness (QED) is 0.624. The minimum absolute atomic E-state index is 0.175. The summed E-state index contributed by atoms with van der Waals surface area (Å²) in [6, 6.07) is 2.70. The van der Waals surface area contributed by atoms with Gasteiger partial charge in [0.15, 0.2) is 0 Å². The number of methoxy groups -OCH3 is 2. The van der Waals surface area contributed by atoms with Gasteiger partial charge in [0.25, 0.3) is 0 Å². The van der Waals surface area contributed by atoms with Crippen LogP contribution in [0.5, 0.6) is 5.75 Å². The summed E-state index contributed by atoms with van der Waals surface area (Å²) in [6.07, 6.45) is 0.976. The zero-order valence-electron chi connectivity index (χ0n) is 17.2. The lowest BCUT2D eigenvalue weighted by molar-refractivity contribution is 0.00222. The third kappa shape index (κ3) is 5.54. The van der Waals surface area contributed by atoms with Crippen molar-refractivity contribution in [2.75, 3.05) is 65.6 Å². The second-order valence-electron chi connectivity index (χ2n) is 7.20. The SMILES string of the molecule is COC(=O)c1cc(Cl)c(NC(=O)NC[C@@H]([C@@H]2CCOC2)N2CCOCC2)cc1OC. The van der Waals surface area contributed by atoms with Gasteiger partial charge in [0.05, 0.1) is 44.8 Å². The number of esters is 1. The summed E-state index contributed by atoms with van der Waals surface area (Å²) >= 11 is 6.25. The van der Waals surface area contributed by atoms with E-state index >= 15 is 0 Å².